The maximum absolute atomic E-state index is 12.8. The Kier molecular flexibility index (Phi) is 7.35. The van der Waals surface area contributed by atoms with Crippen LogP contribution in [0.2, 0.25) is 0 Å². The van der Waals surface area contributed by atoms with E-state index >= 15 is 0 Å². The third kappa shape index (κ3) is 4.94. The van der Waals surface area contributed by atoms with Gasteiger partial charge in [-0.05, 0) is 36.2 Å². The Morgan fingerprint density at radius 1 is 1.03 bits per heavy atom. The van der Waals surface area contributed by atoms with Crippen LogP contribution in [0, 0.1) is 0 Å². The molecule has 1 saturated heterocycles. The summed E-state index contributed by atoms with van der Waals surface area (Å²) in [7, 11) is 4.82. The predicted molar refractivity (Wildman–Crippen MR) is 120 cm³/mol. The van der Waals surface area contributed by atoms with Gasteiger partial charge < -0.3 is 14.2 Å². The number of methoxy groups -OCH3 is 3. The van der Waals surface area contributed by atoms with Crippen LogP contribution < -0.4 is 14.2 Å². The number of nitrogens with zero attached hydrogens (tertiary/aromatic N) is 3. The molecule has 1 amide bonds. The molecule has 0 aliphatic carbocycles. The van der Waals surface area contributed by atoms with Gasteiger partial charge in [-0.15, -0.1) is 5.10 Å². The van der Waals surface area contributed by atoms with E-state index in [1.807, 2.05) is 43.3 Å². The van der Waals surface area contributed by atoms with Gasteiger partial charge in [-0.25, -0.2) is 0 Å². The Morgan fingerprint density at radius 3 is 2.37 bits per heavy atom. The summed E-state index contributed by atoms with van der Waals surface area (Å²) in [6.45, 7) is 2.43. The largest absolute Gasteiger partial charge is 0.497 e. The van der Waals surface area contributed by atoms with Crippen molar-refractivity contribution in [1.82, 2.24) is 4.90 Å². The fourth-order valence-corrected chi connectivity index (χ4v) is 3.99. The van der Waals surface area contributed by atoms with E-state index in [1.165, 1.54) is 11.8 Å². The average Bonchev–Trinajstić information content (AvgIpc) is 3.09. The minimum atomic E-state index is -0.146. The number of rotatable bonds is 8. The quantitative estimate of drug-likeness (QED) is 0.471. The average molecular weight is 428 g/mol. The molecule has 1 unspecified atom stereocenters. The number of thioether (sulfide) groups is 1. The molecule has 2 aromatic rings. The van der Waals surface area contributed by atoms with Crippen LogP contribution in [0.1, 0.15) is 24.5 Å². The molecule has 158 valence electrons. The highest BCUT2D eigenvalue weighted by Crippen LogP contribution is 2.31. The predicted octanol–water partition coefficient (Wildman–Crippen LogP) is 3.96. The van der Waals surface area contributed by atoms with Gasteiger partial charge in [-0.1, -0.05) is 30.8 Å². The number of carbonyl (C=O) groups is 1. The number of hydrogen-bond donors (Lipinski definition) is 0. The van der Waals surface area contributed by atoms with Crippen LogP contribution >= 0.6 is 11.8 Å². The monoisotopic (exact) mass is 427 g/mol. The van der Waals surface area contributed by atoms with E-state index in [0.29, 0.717) is 23.2 Å². The highest BCUT2D eigenvalue weighted by molar-refractivity contribution is 8.15. The van der Waals surface area contributed by atoms with Crippen molar-refractivity contribution in [2.45, 2.75) is 25.1 Å². The van der Waals surface area contributed by atoms with Gasteiger partial charge in [0.2, 0.25) is 5.91 Å². The third-order valence-electron chi connectivity index (χ3n) is 4.67. The van der Waals surface area contributed by atoms with E-state index in [1.54, 1.807) is 38.5 Å². The van der Waals surface area contributed by atoms with Crippen molar-refractivity contribution in [3.05, 3.63) is 53.6 Å². The van der Waals surface area contributed by atoms with E-state index in [2.05, 4.69) is 10.2 Å². The van der Waals surface area contributed by atoms with Crippen LogP contribution in [0.3, 0.4) is 0 Å². The van der Waals surface area contributed by atoms with Crippen molar-refractivity contribution in [2.75, 3.05) is 21.3 Å². The normalized spacial score (nSPS) is 17.7. The van der Waals surface area contributed by atoms with Gasteiger partial charge in [0.05, 0.1) is 39.3 Å². The number of ether oxygens (including phenoxy) is 3. The second-order valence-corrected chi connectivity index (χ2v) is 7.69. The summed E-state index contributed by atoms with van der Waals surface area (Å²) in [5.41, 5.74) is 1.76. The van der Waals surface area contributed by atoms with Crippen LogP contribution in [0.5, 0.6) is 17.2 Å². The Balaban J connectivity index is 1.81. The van der Waals surface area contributed by atoms with Gasteiger partial charge in [-0.2, -0.15) is 5.10 Å². The molecule has 0 spiro atoms. The second kappa shape index (κ2) is 10.2. The van der Waals surface area contributed by atoms with Crippen molar-refractivity contribution in [3.63, 3.8) is 0 Å². The summed E-state index contributed by atoms with van der Waals surface area (Å²) in [5, 5.41) is 9.00. The first-order valence-electron chi connectivity index (χ1n) is 9.53. The summed E-state index contributed by atoms with van der Waals surface area (Å²) >= 11 is 1.44. The van der Waals surface area contributed by atoms with E-state index in [0.717, 1.165) is 23.3 Å². The molecule has 1 aliphatic heterocycles. The fourth-order valence-electron chi connectivity index (χ4n) is 2.97. The summed E-state index contributed by atoms with van der Waals surface area (Å²) in [6.07, 6.45) is 2.35. The van der Waals surface area contributed by atoms with Crippen LogP contribution in [0.15, 0.2) is 52.7 Å². The van der Waals surface area contributed by atoms with Crippen LogP contribution in [-0.4, -0.2) is 48.8 Å². The molecule has 1 fully saturated rings. The molecule has 0 saturated carbocycles. The van der Waals surface area contributed by atoms with Gasteiger partial charge in [0.25, 0.3) is 0 Å². The number of benzene rings is 2. The molecule has 3 rings (SSSR count). The number of carbonyl (C=O) groups excluding carboxylic acids is 1. The molecule has 0 aromatic heterocycles. The van der Waals surface area contributed by atoms with E-state index < -0.39 is 0 Å². The molecule has 0 radical (unpaired) electrons. The van der Waals surface area contributed by atoms with Crippen LogP contribution in [0.25, 0.3) is 0 Å². The molecule has 1 atom stereocenters. The zero-order valence-electron chi connectivity index (χ0n) is 17.5. The lowest BCUT2D eigenvalue weighted by Gasteiger charge is -2.16. The van der Waals surface area contributed by atoms with E-state index in [4.69, 9.17) is 14.2 Å². The first-order chi connectivity index (χ1) is 14.6. The zero-order valence-corrected chi connectivity index (χ0v) is 18.3. The van der Waals surface area contributed by atoms with E-state index in [-0.39, 0.29) is 11.2 Å². The fraction of sp³-hybridized carbons (Fsp3) is 0.318. The first-order valence-corrected chi connectivity index (χ1v) is 10.4. The number of amides is 1. The highest BCUT2D eigenvalue weighted by atomic mass is 32.2. The molecular formula is C22H25N3O4S. The summed E-state index contributed by atoms with van der Waals surface area (Å²) in [4.78, 5) is 14.5. The van der Waals surface area contributed by atoms with Crippen molar-refractivity contribution in [1.29, 1.82) is 0 Å². The second-order valence-electron chi connectivity index (χ2n) is 6.52. The van der Waals surface area contributed by atoms with Gasteiger partial charge in [0.1, 0.15) is 17.2 Å². The van der Waals surface area contributed by atoms with Crippen LogP contribution in [-0.2, 0) is 11.3 Å². The lowest BCUT2D eigenvalue weighted by Crippen LogP contribution is -2.31. The Morgan fingerprint density at radius 2 is 1.73 bits per heavy atom. The lowest BCUT2D eigenvalue weighted by molar-refractivity contribution is -0.126. The van der Waals surface area contributed by atoms with Crippen molar-refractivity contribution in [3.8, 4) is 17.2 Å². The minimum absolute atomic E-state index is 0.0503. The molecule has 30 heavy (non-hydrogen) atoms. The third-order valence-corrected chi connectivity index (χ3v) is 6.00. The molecule has 7 nitrogen and oxygen atoms in total. The molecule has 8 heteroatoms. The molecule has 0 bridgehead atoms. The van der Waals surface area contributed by atoms with Gasteiger partial charge in [0.15, 0.2) is 5.17 Å². The Hall–Kier alpha value is -3.00. The number of amidine groups is 1. The van der Waals surface area contributed by atoms with Crippen molar-refractivity contribution >= 4 is 29.1 Å². The summed E-state index contributed by atoms with van der Waals surface area (Å²) in [5.74, 6) is 2.16. The molecule has 1 aliphatic rings. The Bertz CT molecular complexity index is 944. The highest BCUT2D eigenvalue weighted by Gasteiger charge is 2.36. The van der Waals surface area contributed by atoms with Gasteiger partial charge in [-0.3, -0.25) is 9.69 Å². The maximum atomic E-state index is 12.8. The number of hydrogen-bond acceptors (Lipinski definition) is 7. The zero-order chi connectivity index (χ0) is 21.5. The van der Waals surface area contributed by atoms with E-state index in [9.17, 15) is 4.79 Å². The molecule has 1 heterocycles. The van der Waals surface area contributed by atoms with Crippen molar-refractivity contribution in [2.24, 2.45) is 10.2 Å². The molecule has 2 aromatic carbocycles. The minimum Gasteiger partial charge on any atom is -0.497 e. The SMILES string of the molecule is CCC1S/C(=N/N=C/c2ccc(OC)cc2OC)N(Cc2ccc(OC)cc2)C1=O. The lowest BCUT2D eigenvalue weighted by atomic mass is 10.2. The van der Waals surface area contributed by atoms with Crippen LogP contribution in [0.4, 0.5) is 0 Å². The topological polar surface area (TPSA) is 72.7 Å². The first kappa shape index (κ1) is 21.7. The van der Waals surface area contributed by atoms with Gasteiger partial charge in [0, 0.05) is 11.6 Å². The van der Waals surface area contributed by atoms with Crippen molar-refractivity contribution < 1.29 is 19.0 Å². The standard InChI is InChI=1S/C22H25N3O4S/c1-5-20-21(26)25(14-15-6-9-17(27-2)10-7-15)22(30-20)24-23-13-16-8-11-18(28-3)12-19(16)29-4/h6-13,20H,5,14H2,1-4H3/b23-13+,24-22+. The maximum Gasteiger partial charge on any atom is 0.242 e. The summed E-state index contributed by atoms with van der Waals surface area (Å²) < 4.78 is 15.8. The van der Waals surface area contributed by atoms with Gasteiger partial charge >= 0.3 is 0 Å². The molecule has 0 N–H and O–H groups in total. The smallest absolute Gasteiger partial charge is 0.242 e. The molecular weight excluding hydrogens is 402 g/mol. The Labute approximate surface area is 180 Å². The summed E-state index contributed by atoms with van der Waals surface area (Å²) in [6, 6.07) is 13.1.